The highest BCUT2D eigenvalue weighted by molar-refractivity contribution is 5.85. The molecule has 1 aliphatic rings. The minimum Gasteiger partial charge on any atom is -0.358 e. The summed E-state index contributed by atoms with van der Waals surface area (Å²) in [5, 5.41) is 1.28. The maximum absolute atomic E-state index is 5.89. The van der Waals surface area contributed by atoms with E-state index in [-0.39, 0.29) is 24.8 Å². The number of para-hydroxylation sites is 1. The summed E-state index contributed by atoms with van der Waals surface area (Å²) in [6.07, 6.45) is 5.90. The van der Waals surface area contributed by atoms with Crippen LogP contribution in [-0.2, 0) is 6.54 Å². The predicted molar refractivity (Wildman–Crippen MR) is 112 cm³/mol. The smallest absolute Gasteiger partial charge is 0.131 e. The van der Waals surface area contributed by atoms with Crippen molar-refractivity contribution in [1.82, 2.24) is 14.5 Å². The Balaban J connectivity index is 0.00000121. The molecule has 140 valence electrons. The first-order chi connectivity index (χ1) is 11.7. The van der Waals surface area contributed by atoms with Gasteiger partial charge in [-0.3, -0.25) is 0 Å². The second-order valence-electron chi connectivity index (χ2n) is 6.72. The van der Waals surface area contributed by atoms with Gasteiger partial charge in [-0.25, -0.2) is 9.97 Å². The van der Waals surface area contributed by atoms with Gasteiger partial charge in [0, 0.05) is 55.6 Å². The molecule has 7 heteroatoms. The maximum atomic E-state index is 5.89. The minimum absolute atomic E-state index is 0. The van der Waals surface area contributed by atoms with Gasteiger partial charge >= 0.3 is 0 Å². The molecule has 1 aliphatic carbocycles. The molecule has 2 aromatic heterocycles. The molecule has 1 fully saturated rings. The van der Waals surface area contributed by atoms with Gasteiger partial charge in [-0.1, -0.05) is 18.2 Å². The van der Waals surface area contributed by atoms with E-state index in [1.807, 2.05) is 0 Å². The van der Waals surface area contributed by atoms with E-state index in [1.54, 1.807) is 6.33 Å². The molecule has 1 saturated carbocycles. The summed E-state index contributed by atoms with van der Waals surface area (Å²) >= 11 is 0. The maximum Gasteiger partial charge on any atom is 0.131 e. The molecule has 3 aromatic rings. The van der Waals surface area contributed by atoms with Gasteiger partial charge in [0.2, 0.25) is 0 Å². The van der Waals surface area contributed by atoms with E-state index in [0.717, 1.165) is 37.4 Å². The molecule has 0 amide bonds. The van der Waals surface area contributed by atoms with Crippen LogP contribution in [-0.4, -0.2) is 34.2 Å². The van der Waals surface area contributed by atoms with E-state index in [2.05, 4.69) is 69.1 Å². The van der Waals surface area contributed by atoms with Gasteiger partial charge in [0.15, 0.2) is 0 Å². The Kier molecular flexibility index (Phi) is 6.87. The number of fused-ring (bicyclic) bond motifs is 1. The van der Waals surface area contributed by atoms with Crippen LogP contribution in [0.2, 0.25) is 0 Å². The Bertz CT molecular complexity index is 845. The Morgan fingerprint density at radius 1 is 1.15 bits per heavy atom. The highest BCUT2D eigenvalue weighted by Gasteiger charge is 2.28. The molecule has 2 N–H and O–H groups in total. The number of rotatable bonds is 5. The number of nitrogens with zero attached hydrogens (tertiary/aromatic N) is 4. The minimum atomic E-state index is 0. The van der Waals surface area contributed by atoms with Gasteiger partial charge in [0.1, 0.15) is 12.1 Å². The number of hydrogen-bond acceptors (Lipinski definition) is 4. The van der Waals surface area contributed by atoms with Crippen LogP contribution in [0.3, 0.4) is 0 Å². The number of hydrogen-bond donors (Lipinski definition) is 1. The molecule has 0 aliphatic heterocycles. The average molecular weight is 394 g/mol. The highest BCUT2D eigenvalue weighted by atomic mass is 35.5. The fourth-order valence-corrected chi connectivity index (χ4v) is 3.40. The topological polar surface area (TPSA) is 60.0 Å². The van der Waals surface area contributed by atoms with Crippen molar-refractivity contribution in [2.45, 2.75) is 31.3 Å². The van der Waals surface area contributed by atoms with Crippen LogP contribution in [0, 0.1) is 0 Å². The molecule has 1 aromatic carbocycles. The second kappa shape index (κ2) is 8.71. The fourth-order valence-electron chi connectivity index (χ4n) is 3.40. The van der Waals surface area contributed by atoms with Crippen molar-refractivity contribution in [2.24, 2.45) is 5.73 Å². The molecule has 26 heavy (non-hydrogen) atoms. The van der Waals surface area contributed by atoms with Crippen LogP contribution >= 0.6 is 24.8 Å². The van der Waals surface area contributed by atoms with E-state index < -0.39 is 0 Å². The average Bonchev–Trinajstić information content (AvgIpc) is 3.00. The zero-order chi connectivity index (χ0) is 16.5. The lowest BCUT2D eigenvalue weighted by Gasteiger charge is -2.32. The van der Waals surface area contributed by atoms with Gasteiger partial charge in [-0.05, 0) is 30.4 Å². The van der Waals surface area contributed by atoms with Crippen molar-refractivity contribution in [3.63, 3.8) is 0 Å². The normalized spacial score (nSPS) is 18.5. The van der Waals surface area contributed by atoms with Crippen molar-refractivity contribution in [1.29, 1.82) is 0 Å². The standard InChI is InChI=1S/C19H23N5.2ClH/c1-23(8-9-24-7-6-14-4-2-3-5-18(14)24)19-12-17(21-13-22-19)15-10-16(20)11-15;;/h2-7,12-13,15-16H,8-11,20H2,1H3;2*1H. The lowest BCUT2D eigenvalue weighted by Crippen LogP contribution is -2.35. The molecule has 0 unspecified atom stereocenters. The Morgan fingerprint density at radius 3 is 2.69 bits per heavy atom. The highest BCUT2D eigenvalue weighted by Crippen LogP contribution is 2.35. The molecule has 5 nitrogen and oxygen atoms in total. The lowest BCUT2D eigenvalue weighted by atomic mass is 9.78. The van der Waals surface area contributed by atoms with Gasteiger partial charge in [-0.2, -0.15) is 0 Å². The monoisotopic (exact) mass is 393 g/mol. The van der Waals surface area contributed by atoms with Crippen LogP contribution in [0.15, 0.2) is 48.9 Å². The zero-order valence-electron chi connectivity index (χ0n) is 14.8. The molecule has 2 heterocycles. The van der Waals surface area contributed by atoms with Crippen molar-refractivity contribution < 1.29 is 0 Å². The first kappa shape index (κ1) is 20.5. The van der Waals surface area contributed by atoms with Crippen molar-refractivity contribution in [2.75, 3.05) is 18.5 Å². The zero-order valence-corrected chi connectivity index (χ0v) is 16.4. The first-order valence-corrected chi connectivity index (χ1v) is 8.53. The summed E-state index contributed by atoms with van der Waals surface area (Å²) in [7, 11) is 2.09. The van der Waals surface area contributed by atoms with Gasteiger partial charge < -0.3 is 15.2 Å². The van der Waals surface area contributed by atoms with Gasteiger partial charge in [0.25, 0.3) is 0 Å². The SMILES string of the molecule is CN(CCn1ccc2ccccc21)c1cc(C2CC(N)C2)ncn1.Cl.Cl. The van der Waals surface area contributed by atoms with Crippen LogP contribution < -0.4 is 10.6 Å². The number of likely N-dealkylation sites (N-methyl/N-ethyl adjacent to an activating group) is 1. The Labute approximate surface area is 166 Å². The third-order valence-electron chi connectivity index (χ3n) is 5.01. The third-order valence-corrected chi connectivity index (χ3v) is 5.01. The lowest BCUT2D eigenvalue weighted by molar-refractivity contribution is 0.345. The van der Waals surface area contributed by atoms with Crippen LogP contribution in [0.4, 0.5) is 5.82 Å². The number of halogens is 2. The van der Waals surface area contributed by atoms with E-state index in [4.69, 9.17) is 5.73 Å². The van der Waals surface area contributed by atoms with Gasteiger partial charge in [-0.15, -0.1) is 24.8 Å². The van der Waals surface area contributed by atoms with E-state index in [1.165, 1.54) is 10.9 Å². The molecule has 0 spiro atoms. The molecule has 0 bridgehead atoms. The Morgan fingerprint density at radius 2 is 1.92 bits per heavy atom. The quantitative estimate of drug-likeness (QED) is 0.718. The van der Waals surface area contributed by atoms with E-state index >= 15 is 0 Å². The van der Waals surface area contributed by atoms with E-state index in [9.17, 15) is 0 Å². The number of nitrogens with two attached hydrogens (primary N) is 1. The molecular weight excluding hydrogens is 369 g/mol. The van der Waals surface area contributed by atoms with Crippen molar-refractivity contribution in [3.8, 4) is 0 Å². The largest absolute Gasteiger partial charge is 0.358 e. The van der Waals surface area contributed by atoms with E-state index in [0.29, 0.717) is 12.0 Å². The third kappa shape index (κ3) is 4.11. The van der Waals surface area contributed by atoms with Crippen LogP contribution in [0.25, 0.3) is 10.9 Å². The van der Waals surface area contributed by atoms with Crippen LogP contribution in [0.1, 0.15) is 24.5 Å². The van der Waals surface area contributed by atoms with Gasteiger partial charge in [0.05, 0.1) is 0 Å². The Hall–Kier alpha value is -1.82. The molecular formula is C19H25Cl2N5. The summed E-state index contributed by atoms with van der Waals surface area (Å²) < 4.78 is 2.29. The van der Waals surface area contributed by atoms with Crippen LogP contribution in [0.5, 0.6) is 0 Å². The van der Waals surface area contributed by atoms with Crippen molar-refractivity contribution >= 4 is 41.5 Å². The number of anilines is 1. The molecule has 4 rings (SSSR count). The first-order valence-electron chi connectivity index (χ1n) is 8.53. The molecule has 0 radical (unpaired) electrons. The fraction of sp³-hybridized carbons (Fsp3) is 0.368. The summed E-state index contributed by atoms with van der Waals surface area (Å²) in [6, 6.07) is 13.1. The number of aromatic nitrogens is 3. The van der Waals surface area contributed by atoms with Crippen molar-refractivity contribution in [3.05, 3.63) is 54.6 Å². The summed E-state index contributed by atoms with van der Waals surface area (Å²) in [6.45, 7) is 1.83. The molecule has 0 atom stereocenters. The summed E-state index contributed by atoms with van der Waals surface area (Å²) in [5.41, 5.74) is 8.30. The summed E-state index contributed by atoms with van der Waals surface area (Å²) in [5.74, 6) is 1.49. The number of benzene rings is 1. The molecule has 0 saturated heterocycles. The summed E-state index contributed by atoms with van der Waals surface area (Å²) in [4.78, 5) is 11.1. The predicted octanol–water partition coefficient (Wildman–Crippen LogP) is 3.62. The second-order valence-corrected chi connectivity index (χ2v) is 6.72.